The molecule has 0 amide bonds. The Hall–Kier alpha value is -2.62. The van der Waals surface area contributed by atoms with Crippen molar-refractivity contribution in [2.75, 3.05) is 0 Å². The van der Waals surface area contributed by atoms with Crippen molar-refractivity contribution in [2.45, 2.75) is 18.8 Å². The summed E-state index contributed by atoms with van der Waals surface area (Å²) in [5.74, 6) is -0.506. The van der Waals surface area contributed by atoms with Gasteiger partial charge in [-0.25, -0.2) is 4.79 Å². The molecule has 21 heavy (non-hydrogen) atoms. The molecule has 3 aromatic rings. The Balaban J connectivity index is 1.99. The molecule has 4 heteroatoms. The molecule has 1 fully saturated rings. The number of para-hydroxylation sites is 1. The number of hydrogen-bond donors (Lipinski definition) is 1. The first-order valence-corrected chi connectivity index (χ1v) is 7.04. The van der Waals surface area contributed by atoms with Gasteiger partial charge in [-0.15, -0.1) is 0 Å². The number of aromatic nitrogens is 2. The van der Waals surface area contributed by atoms with Crippen molar-refractivity contribution in [1.29, 1.82) is 0 Å². The smallest absolute Gasteiger partial charge is 0.337 e. The topological polar surface area (TPSA) is 55.1 Å². The van der Waals surface area contributed by atoms with E-state index in [0.29, 0.717) is 11.5 Å². The number of aromatic carboxylic acids is 1. The van der Waals surface area contributed by atoms with Crippen LogP contribution in [0.5, 0.6) is 0 Å². The van der Waals surface area contributed by atoms with Gasteiger partial charge in [-0.2, -0.15) is 0 Å². The van der Waals surface area contributed by atoms with Gasteiger partial charge >= 0.3 is 5.97 Å². The van der Waals surface area contributed by atoms with Crippen molar-refractivity contribution in [1.82, 2.24) is 9.55 Å². The Morgan fingerprint density at radius 1 is 1.19 bits per heavy atom. The zero-order valence-electron chi connectivity index (χ0n) is 11.4. The molecular weight excluding hydrogens is 264 g/mol. The van der Waals surface area contributed by atoms with Crippen molar-refractivity contribution in [3.63, 3.8) is 0 Å². The zero-order chi connectivity index (χ0) is 14.4. The van der Waals surface area contributed by atoms with E-state index in [0.717, 1.165) is 35.1 Å². The number of carboxylic acids is 1. The molecule has 0 unspecified atom stereocenters. The Morgan fingerprint density at radius 2 is 2.00 bits per heavy atom. The highest BCUT2D eigenvalue weighted by Gasteiger charge is 2.32. The van der Waals surface area contributed by atoms with Gasteiger partial charge in [0.05, 0.1) is 16.8 Å². The molecule has 1 saturated carbocycles. The highest BCUT2D eigenvalue weighted by atomic mass is 16.4. The molecule has 0 aliphatic heterocycles. The van der Waals surface area contributed by atoms with Crippen LogP contribution in [0.1, 0.15) is 34.8 Å². The summed E-state index contributed by atoms with van der Waals surface area (Å²) in [6.45, 7) is 0. The fourth-order valence-corrected chi connectivity index (χ4v) is 2.89. The second kappa shape index (κ2) is 4.45. The fourth-order valence-electron chi connectivity index (χ4n) is 2.89. The number of carboxylic acid groups (broad SMARTS) is 1. The van der Waals surface area contributed by atoms with Crippen LogP contribution in [0.3, 0.4) is 0 Å². The molecule has 1 aliphatic carbocycles. The highest BCUT2D eigenvalue weighted by molar-refractivity contribution is 5.91. The second-order valence-electron chi connectivity index (χ2n) is 5.42. The number of nitrogens with zero attached hydrogens (tertiary/aromatic N) is 2. The van der Waals surface area contributed by atoms with Crippen molar-refractivity contribution >= 4 is 16.9 Å². The van der Waals surface area contributed by atoms with E-state index >= 15 is 0 Å². The Morgan fingerprint density at radius 3 is 2.76 bits per heavy atom. The van der Waals surface area contributed by atoms with Gasteiger partial charge in [0.25, 0.3) is 0 Å². The van der Waals surface area contributed by atoms with Crippen molar-refractivity contribution < 1.29 is 9.90 Å². The van der Waals surface area contributed by atoms with Crippen LogP contribution < -0.4 is 0 Å². The molecule has 0 atom stereocenters. The fraction of sp³-hybridized carbons (Fsp3) is 0.176. The number of pyridine rings is 1. The molecule has 0 spiro atoms. The van der Waals surface area contributed by atoms with E-state index in [1.54, 1.807) is 12.3 Å². The van der Waals surface area contributed by atoms with Gasteiger partial charge in [-0.1, -0.05) is 18.2 Å². The molecule has 1 aromatic carbocycles. The molecule has 104 valence electrons. The number of benzene rings is 1. The maximum atomic E-state index is 11.4. The summed E-state index contributed by atoms with van der Waals surface area (Å²) in [6.07, 6.45) is 5.73. The van der Waals surface area contributed by atoms with Gasteiger partial charge in [0, 0.05) is 29.4 Å². The van der Waals surface area contributed by atoms with Crippen molar-refractivity contribution in [3.05, 3.63) is 60.0 Å². The lowest BCUT2D eigenvalue weighted by molar-refractivity contribution is 0.0695. The Bertz CT molecular complexity index is 842. The first kappa shape index (κ1) is 12.1. The first-order valence-electron chi connectivity index (χ1n) is 7.04. The third-order valence-electron chi connectivity index (χ3n) is 3.99. The molecule has 2 heterocycles. The maximum absolute atomic E-state index is 11.4. The summed E-state index contributed by atoms with van der Waals surface area (Å²) < 4.78 is 2.00. The summed E-state index contributed by atoms with van der Waals surface area (Å²) in [7, 11) is 0. The normalized spacial score (nSPS) is 14.5. The van der Waals surface area contributed by atoms with E-state index in [1.165, 1.54) is 0 Å². The zero-order valence-corrected chi connectivity index (χ0v) is 11.4. The van der Waals surface area contributed by atoms with Gasteiger partial charge in [0.15, 0.2) is 0 Å². The summed E-state index contributed by atoms with van der Waals surface area (Å²) >= 11 is 0. The van der Waals surface area contributed by atoms with Gasteiger partial charge in [-0.05, 0) is 31.0 Å². The predicted molar refractivity (Wildman–Crippen MR) is 80.0 cm³/mol. The summed E-state index contributed by atoms with van der Waals surface area (Å²) in [6, 6.07) is 11.6. The minimum Gasteiger partial charge on any atom is -0.478 e. The van der Waals surface area contributed by atoms with E-state index in [9.17, 15) is 9.90 Å². The van der Waals surface area contributed by atoms with Crippen LogP contribution in [-0.2, 0) is 0 Å². The molecule has 0 saturated heterocycles. The lowest BCUT2D eigenvalue weighted by Crippen LogP contribution is -2.05. The minimum atomic E-state index is -0.858. The average molecular weight is 278 g/mol. The van der Waals surface area contributed by atoms with Gasteiger partial charge in [0.1, 0.15) is 0 Å². The minimum absolute atomic E-state index is 0.352. The number of rotatable bonds is 3. The summed E-state index contributed by atoms with van der Waals surface area (Å²) in [5.41, 5.74) is 3.16. The van der Waals surface area contributed by atoms with Crippen LogP contribution in [-0.4, -0.2) is 20.6 Å². The Kier molecular flexibility index (Phi) is 2.57. The molecule has 1 aliphatic rings. The molecule has 4 nitrogen and oxygen atoms in total. The van der Waals surface area contributed by atoms with Gasteiger partial charge in [-0.3, -0.25) is 4.98 Å². The van der Waals surface area contributed by atoms with Crippen molar-refractivity contribution in [2.24, 2.45) is 0 Å². The van der Waals surface area contributed by atoms with E-state index in [1.807, 2.05) is 41.1 Å². The van der Waals surface area contributed by atoms with Crippen LogP contribution in [0.2, 0.25) is 0 Å². The highest BCUT2D eigenvalue weighted by Crippen LogP contribution is 2.43. The summed E-state index contributed by atoms with van der Waals surface area (Å²) in [4.78, 5) is 15.9. The van der Waals surface area contributed by atoms with Crippen LogP contribution in [0, 0.1) is 0 Å². The van der Waals surface area contributed by atoms with Gasteiger partial charge < -0.3 is 9.67 Å². The molecule has 4 rings (SSSR count). The summed E-state index contributed by atoms with van der Waals surface area (Å²) in [5, 5.41) is 10.4. The van der Waals surface area contributed by atoms with E-state index in [4.69, 9.17) is 0 Å². The maximum Gasteiger partial charge on any atom is 0.337 e. The SMILES string of the molecule is O=C(O)c1ccn(-c2cccc3cccnc23)c1C1CC1. The predicted octanol–water partition coefficient (Wildman–Crippen LogP) is 3.60. The largest absolute Gasteiger partial charge is 0.478 e. The van der Waals surface area contributed by atoms with Crippen LogP contribution in [0.25, 0.3) is 16.6 Å². The number of fused-ring (bicyclic) bond motifs is 1. The van der Waals surface area contributed by atoms with Crippen LogP contribution >= 0.6 is 0 Å². The molecule has 1 N–H and O–H groups in total. The molecule has 0 radical (unpaired) electrons. The third-order valence-corrected chi connectivity index (χ3v) is 3.99. The number of carbonyl (C=O) groups is 1. The lowest BCUT2D eigenvalue weighted by atomic mass is 10.1. The number of hydrogen-bond acceptors (Lipinski definition) is 2. The van der Waals surface area contributed by atoms with E-state index in [-0.39, 0.29) is 0 Å². The van der Waals surface area contributed by atoms with E-state index < -0.39 is 5.97 Å². The third kappa shape index (κ3) is 1.91. The quantitative estimate of drug-likeness (QED) is 0.796. The second-order valence-corrected chi connectivity index (χ2v) is 5.42. The molecular formula is C17H14N2O2. The van der Waals surface area contributed by atoms with Crippen LogP contribution in [0.15, 0.2) is 48.8 Å². The monoisotopic (exact) mass is 278 g/mol. The Labute approximate surface area is 121 Å². The van der Waals surface area contributed by atoms with E-state index in [2.05, 4.69) is 4.98 Å². The molecule has 2 aromatic heterocycles. The first-order chi connectivity index (χ1) is 10.3. The van der Waals surface area contributed by atoms with Crippen LogP contribution in [0.4, 0.5) is 0 Å². The lowest BCUT2D eigenvalue weighted by Gasteiger charge is -2.12. The van der Waals surface area contributed by atoms with Gasteiger partial charge in [0.2, 0.25) is 0 Å². The average Bonchev–Trinajstić information content (AvgIpc) is 3.25. The molecule has 0 bridgehead atoms. The van der Waals surface area contributed by atoms with Crippen molar-refractivity contribution in [3.8, 4) is 5.69 Å². The standard InChI is InChI=1S/C17H14N2O2/c20-17(21)13-8-10-19(16(13)12-6-7-12)14-5-1-3-11-4-2-9-18-15(11)14/h1-5,8-10,12H,6-7H2,(H,20,21).